The number of amides is 1. The third-order valence-electron chi connectivity index (χ3n) is 4.33. The van der Waals surface area contributed by atoms with Crippen molar-refractivity contribution in [1.29, 1.82) is 0 Å². The van der Waals surface area contributed by atoms with Crippen LogP contribution in [0.4, 0.5) is 5.00 Å². The van der Waals surface area contributed by atoms with Crippen molar-refractivity contribution in [3.63, 3.8) is 0 Å². The van der Waals surface area contributed by atoms with Crippen molar-refractivity contribution in [2.75, 3.05) is 5.73 Å². The number of carbonyl (C=O) groups excluding carboxylic acids is 1. The van der Waals surface area contributed by atoms with E-state index in [0.29, 0.717) is 33.0 Å². The molecule has 0 aliphatic carbocycles. The van der Waals surface area contributed by atoms with Crippen LogP contribution in [0, 0.1) is 3.57 Å². The Morgan fingerprint density at radius 3 is 2.55 bits per heavy atom. The fraction of sp³-hybridized carbons (Fsp3) is 0.0500. The maximum atomic E-state index is 12.9. The number of nitrogens with one attached hydrogen (secondary N) is 1. The summed E-state index contributed by atoms with van der Waals surface area (Å²) in [4.78, 5) is 25.9. The third-order valence-corrected chi connectivity index (χ3v) is 6.12. The number of hydrogen-bond donors (Lipinski definition) is 2. The lowest BCUT2D eigenvalue weighted by Gasteiger charge is -2.10. The van der Waals surface area contributed by atoms with Gasteiger partial charge in [0.15, 0.2) is 5.69 Å². The summed E-state index contributed by atoms with van der Waals surface area (Å²) in [7, 11) is 0. The molecule has 29 heavy (non-hydrogen) atoms. The number of benzene rings is 2. The van der Waals surface area contributed by atoms with E-state index in [1.54, 1.807) is 29.6 Å². The summed E-state index contributed by atoms with van der Waals surface area (Å²) < 4.78 is 2.30. The Balaban J connectivity index is 1.75. The molecule has 0 saturated carbocycles. The first-order valence-electron chi connectivity index (χ1n) is 8.52. The van der Waals surface area contributed by atoms with E-state index in [4.69, 9.17) is 17.3 Å². The van der Waals surface area contributed by atoms with E-state index in [1.165, 1.54) is 16.0 Å². The number of anilines is 1. The standard InChI is InChI=1S/C20H14ClIN4O2S/c21-12-3-7-14(8-4-12)26-20(28)16-15(10-29-18(16)23)17(25-26)19(27)24-9-11-1-5-13(22)6-2-11/h1-8,10H,9,23H2,(H,24,27)/i22-4. The molecular weight excluding hydrogens is 519 g/mol. The van der Waals surface area contributed by atoms with Gasteiger partial charge in [0, 0.05) is 25.9 Å². The van der Waals surface area contributed by atoms with Crippen LogP contribution in [-0.2, 0) is 6.54 Å². The third kappa shape index (κ3) is 4.00. The van der Waals surface area contributed by atoms with E-state index < -0.39 is 0 Å². The molecule has 0 unspecified atom stereocenters. The molecule has 9 heteroatoms. The number of halogens is 2. The fourth-order valence-electron chi connectivity index (χ4n) is 2.87. The second-order valence-electron chi connectivity index (χ2n) is 6.24. The maximum Gasteiger partial charge on any atom is 0.282 e. The molecule has 0 atom stereocenters. The van der Waals surface area contributed by atoms with Crippen molar-refractivity contribution < 1.29 is 4.79 Å². The van der Waals surface area contributed by atoms with Crippen LogP contribution >= 0.6 is 45.5 Å². The molecule has 0 spiro atoms. The average molecular weight is 533 g/mol. The van der Waals surface area contributed by atoms with Gasteiger partial charge in [-0.2, -0.15) is 9.78 Å². The number of rotatable bonds is 4. The Morgan fingerprint density at radius 1 is 1.17 bits per heavy atom. The molecule has 0 bridgehead atoms. The van der Waals surface area contributed by atoms with E-state index >= 15 is 0 Å². The van der Waals surface area contributed by atoms with Crippen LogP contribution in [0.3, 0.4) is 0 Å². The minimum absolute atomic E-state index is 0.146. The van der Waals surface area contributed by atoms with Crippen LogP contribution in [0.15, 0.2) is 58.7 Å². The summed E-state index contributed by atoms with van der Waals surface area (Å²) in [5.74, 6) is -0.380. The highest BCUT2D eigenvalue weighted by Gasteiger charge is 2.20. The van der Waals surface area contributed by atoms with Crippen molar-refractivity contribution in [2.45, 2.75) is 6.54 Å². The Hall–Kier alpha value is -2.43. The number of carbonyl (C=O) groups is 1. The molecule has 4 aromatic rings. The second kappa shape index (κ2) is 8.13. The number of nitrogens with zero attached hydrogens (tertiary/aromatic N) is 2. The van der Waals surface area contributed by atoms with Crippen LogP contribution in [0.2, 0.25) is 5.02 Å². The van der Waals surface area contributed by atoms with Crippen molar-refractivity contribution in [1.82, 2.24) is 15.1 Å². The zero-order valence-corrected chi connectivity index (χ0v) is 18.6. The van der Waals surface area contributed by atoms with Gasteiger partial charge in [0.1, 0.15) is 0 Å². The van der Waals surface area contributed by atoms with Crippen LogP contribution in [0.1, 0.15) is 16.1 Å². The molecule has 0 radical (unpaired) electrons. The lowest BCUT2D eigenvalue weighted by atomic mass is 10.2. The SMILES string of the molecule is Nc1scc2c(C(=O)NCc3ccc([123I])cc3)nn(-c3ccc(Cl)cc3)c(=O)c12. The van der Waals surface area contributed by atoms with E-state index in [9.17, 15) is 9.59 Å². The predicted molar refractivity (Wildman–Crippen MR) is 125 cm³/mol. The molecule has 146 valence electrons. The topological polar surface area (TPSA) is 90.0 Å². The summed E-state index contributed by atoms with van der Waals surface area (Å²) >= 11 is 9.38. The highest BCUT2D eigenvalue weighted by molar-refractivity contribution is 14.1. The van der Waals surface area contributed by atoms with E-state index in [0.717, 1.165) is 9.13 Å². The van der Waals surface area contributed by atoms with Crippen LogP contribution < -0.4 is 16.6 Å². The Bertz CT molecular complexity index is 1270. The molecule has 1 amide bonds. The maximum absolute atomic E-state index is 12.9. The lowest BCUT2D eigenvalue weighted by Crippen LogP contribution is -2.29. The van der Waals surface area contributed by atoms with Gasteiger partial charge >= 0.3 is 0 Å². The van der Waals surface area contributed by atoms with Gasteiger partial charge < -0.3 is 11.1 Å². The van der Waals surface area contributed by atoms with Gasteiger partial charge in [0.2, 0.25) is 0 Å². The zero-order chi connectivity index (χ0) is 20.5. The molecule has 0 saturated heterocycles. The van der Waals surface area contributed by atoms with Gasteiger partial charge in [-0.05, 0) is 64.6 Å². The molecule has 2 aromatic carbocycles. The zero-order valence-electron chi connectivity index (χ0n) is 14.9. The number of fused-ring (bicyclic) bond motifs is 1. The summed E-state index contributed by atoms with van der Waals surface area (Å²) in [5, 5.41) is 10.5. The first-order valence-corrected chi connectivity index (χ1v) is 10.9. The largest absolute Gasteiger partial charge is 0.390 e. The molecule has 3 N–H and O–H groups in total. The van der Waals surface area contributed by atoms with Crippen LogP contribution in [0.25, 0.3) is 16.5 Å². The van der Waals surface area contributed by atoms with Crippen LogP contribution in [-0.4, -0.2) is 15.7 Å². The molecule has 0 fully saturated rings. The van der Waals surface area contributed by atoms with Gasteiger partial charge in [-0.1, -0.05) is 23.7 Å². The minimum Gasteiger partial charge on any atom is -0.390 e. The highest BCUT2D eigenvalue weighted by Crippen LogP contribution is 2.27. The van der Waals surface area contributed by atoms with Crippen molar-refractivity contribution in [3.8, 4) is 5.69 Å². The quantitative estimate of drug-likeness (QED) is 0.385. The molecule has 4 rings (SSSR count). The number of hydrogen-bond acceptors (Lipinski definition) is 5. The van der Waals surface area contributed by atoms with Crippen molar-refractivity contribution in [3.05, 3.63) is 84.1 Å². The smallest absolute Gasteiger partial charge is 0.282 e. The van der Waals surface area contributed by atoms with E-state index in [-0.39, 0.29) is 17.2 Å². The highest BCUT2D eigenvalue weighted by atomic mass is 123. The average Bonchev–Trinajstić information content (AvgIpc) is 3.11. The second-order valence-corrected chi connectivity index (χ2v) is 8.83. The van der Waals surface area contributed by atoms with E-state index in [1.807, 2.05) is 24.3 Å². The summed E-state index contributed by atoms with van der Waals surface area (Å²) in [6, 6.07) is 14.5. The Morgan fingerprint density at radius 2 is 1.86 bits per heavy atom. The number of thiophene rings is 1. The minimum atomic E-state index is -0.380. The number of aromatic nitrogens is 2. The van der Waals surface area contributed by atoms with E-state index in [2.05, 4.69) is 33.0 Å². The number of nitrogens with two attached hydrogens (primary N) is 1. The summed E-state index contributed by atoms with van der Waals surface area (Å²) in [6.45, 7) is 0.346. The fourth-order valence-corrected chi connectivity index (χ4v) is 4.14. The molecule has 0 aliphatic rings. The number of nitrogen functional groups attached to an aromatic ring is 1. The monoisotopic (exact) mass is 532 g/mol. The molecule has 2 aromatic heterocycles. The lowest BCUT2D eigenvalue weighted by molar-refractivity contribution is 0.0946. The van der Waals surface area contributed by atoms with Crippen molar-refractivity contribution in [2.24, 2.45) is 0 Å². The first kappa shape index (κ1) is 19.9. The molecular formula is C20H14ClIN4O2S. The molecule has 0 aliphatic heterocycles. The van der Waals surface area contributed by atoms with Gasteiger partial charge in [0.25, 0.3) is 11.5 Å². The summed E-state index contributed by atoms with van der Waals surface area (Å²) in [6.07, 6.45) is 0. The van der Waals surface area contributed by atoms with Gasteiger partial charge in [0.05, 0.1) is 16.1 Å². The first-order chi connectivity index (χ1) is 13.9. The Kier molecular flexibility index (Phi) is 5.57. The molecule has 2 heterocycles. The van der Waals surface area contributed by atoms with Gasteiger partial charge in [-0.3, -0.25) is 9.59 Å². The normalized spacial score (nSPS) is 11.0. The summed E-state index contributed by atoms with van der Waals surface area (Å²) in [5.41, 5.74) is 7.25. The van der Waals surface area contributed by atoms with Crippen molar-refractivity contribution >= 4 is 67.2 Å². The Labute approximate surface area is 188 Å². The van der Waals surface area contributed by atoms with Gasteiger partial charge in [-0.25, -0.2) is 0 Å². The van der Waals surface area contributed by atoms with Gasteiger partial charge in [-0.15, -0.1) is 11.3 Å². The predicted octanol–water partition coefficient (Wildman–Crippen LogP) is 4.22. The van der Waals surface area contributed by atoms with Crippen LogP contribution in [0.5, 0.6) is 0 Å². The molecule has 6 nitrogen and oxygen atoms in total.